The highest BCUT2D eigenvalue weighted by Gasteiger charge is 2.19. The number of aliphatic hydroxyl groups is 1. The van der Waals surface area contributed by atoms with Crippen molar-refractivity contribution >= 4 is 16.0 Å². The van der Waals surface area contributed by atoms with Gasteiger partial charge in [0.05, 0.1) is 7.11 Å². The molecule has 0 fully saturated rings. The molecular weight excluding hydrogens is 260 g/mol. The minimum Gasteiger partial charge on any atom is -0.481 e. The van der Waals surface area contributed by atoms with E-state index >= 15 is 0 Å². The minimum atomic E-state index is -3.66. The third kappa shape index (κ3) is 3.59. The molecule has 18 heavy (non-hydrogen) atoms. The first-order chi connectivity index (χ1) is 8.40. The fourth-order valence-electron chi connectivity index (χ4n) is 1.31. The van der Waals surface area contributed by atoms with Crippen molar-refractivity contribution < 1.29 is 18.3 Å². The number of nitrogens with one attached hydrogen (secondary N) is 1. The van der Waals surface area contributed by atoms with Crippen molar-refractivity contribution in [2.45, 2.75) is 6.42 Å². The summed E-state index contributed by atoms with van der Waals surface area (Å²) >= 11 is 0. The summed E-state index contributed by atoms with van der Waals surface area (Å²) in [5.41, 5.74) is 0. The van der Waals surface area contributed by atoms with Crippen LogP contribution in [0.25, 0.3) is 0 Å². The zero-order chi connectivity index (χ0) is 13.8. The molecule has 0 atom stereocenters. The lowest BCUT2D eigenvalue weighted by Gasteiger charge is -2.16. The molecule has 0 bridgehead atoms. The fraction of sp³-hybridized carbons (Fsp3) is 0.667. The van der Waals surface area contributed by atoms with Crippen LogP contribution in [0.4, 0.5) is 5.82 Å². The number of methoxy groups -OCH3 is 1. The molecule has 0 radical (unpaired) electrons. The Hall–Kier alpha value is -1.32. The van der Waals surface area contributed by atoms with Crippen LogP contribution in [0.2, 0.25) is 0 Å². The first-order valence-electron chi connectivity index (χ1n) is 5.33. The van der Waals surface area contributed by atoms with Crippen LogP contribution >= 0.6 is 0 Å². The van der Waals surface area contributed by atoms with Crippen LogP contribution in [-0.2, 0) is 17.3 Å². The molecule has 0 saturated carbocycles. The average molecular weight is 278 g/mol. The van der Waals surface area contributed by atoms with Gasteiger partial charge in [-0.2, -0.15) is 17.8 Å². The van der Waals surface area contributed by atoms with Gasteiger partial charge in [-0.25, -0.2) is 4.68 Å². The quantitative estimate of drug-likeness (QED) is 0.694. The van der Waals surface area contributed by atoms with Gasteiger partial charge >= 0.3 is 10.2 Å². The molecule has 9 heteroatoms. The number of hydrogen-bond donors (Lipinski definition) is 2. The van der Waals surface area contributed by atoms with Gasteiger partial charge in [-0.05, 0) is 6.42 Å². The maximum absolute atomic E-state index is 11.9. The molecule has 2 N–H and O–H groups in total. The van der Waals surface area contributed by atoms with Crippen LogP contribution in [0.1, 0.15) is 6.42 Å². The maximum atomic E-state index is 11.9. The first-order valence-corrected chi connectivity index (χ1v) is 6.77. The highest BCUT2D eigenvalue weighted by molar-refractivity contribution is 7.90. The molecule has 0 amide bonds. The lowest BCUT2D eigenvalue weighted by Crippen LogP contribution is -2.33. The molecule has 104 valence electrons. The lowest BCUT2D eigenvalue weighted by atomic mass is 10.5. The predicted molar refractivity (Wildman–Crippen MR) is 66.6 cm³/mol. The highest BCUT2D eigenvalue weighted by atomic mass is 32.2. The van der Waals surface area contributed by atoms with E-state index in [1.54, 1.807) is 7.05 Å². The van der Waals surface area contributed by atoms with Crippen LogP contribution in [-0.4, -0.2) is 54.9 Å². The van der Waals surface area contributed by atoms with E-state index in [4.69, 9.17) is 9.84 Å². The van der Waals surface area contributed by atoms with Crippen LogP contribution in [0, 0.1) is 0 Å². The molecule has 1 rings (SSSR count). The van der Waals surface area contributed by atoms with E-state index in [9.17, 15) is 8.42 Å². The lowest BCUT2D eigenvalue weighted by molar-refractivity contribution is 0.276. The Morgan fingerprint density at radius 2 is 2.28 bits per heavy atom. The summed E-state index contributed by atoms with van der Waals surface area (Å²) in [5, 5.41) is 12.6. The minimum absolute atomic E-state index is 0.0583. The summed E-state index contributed by atoms with van der Waals surface area (Å²) in [4.78, 5) is 0. The number of nitrogens with zero attached hydrogens (tertiary/aromatic N) is 3. The van der Waals surface area contributed by atoms with Crippen molar-refractivity contribution in [3.63, 3.8) is 0 Å². The van der Waals surface area contributed by atoms with Crippen LogP contribution < -0.4 is 9.46 Å². The smallest absolute Gasteiger partial charge is 0.302 e. The van der Waals surface area contributed by atoms with Crippen molar-refractivity contribution in [1.82, 2.24) is 14.1 Å². The second-order valence-electron chi connectivity index (χ2n) is 3.70. The van der Waals surface area contributed by atoms with Gasteiger partial charge in [0.2, 0.25) is 5.88 Å². The summed E-state index contributed by atoms with van der Waals surface area (Å²) < 4.78 is 33.6. The van der Waals surface area contributed by atoms with Gasteiger partial charge in [0.15, 0.2) is 5.82 Å². The molecule has 8 nitrogen and oxygen atoms in total. The number of aromatic nitrogens is 2. The van der Waals surface area contributed by atoms with Crippen LogP contribution in [0.3, 0.4) is 0 Å². The fourth-order valence-corrected chi connectivity index (χ4v) is 2.20. The van der Waals surface area contributed by atoms with Gasteiger partial charge in [0, 0.05) is 33.3 Å². The summed E-state index contributed by atoms with van der Waals surface area (Å²) in [6.07, 6.45) is 0.378. The van der Waals surface area contributed by atoms with Crippen molar-refractivity contribution in [1.29, 1.82) is 0 Å². The Kier molecular flexibility index (Phi) is 4.93. The Bertz CT molecular complexity index is 485. The van der Waals surface area contributed by atoms with E-state index in [2.05, 4.69) is 9.82 Å². The largest absolute Gasteiger partial charge is 0.481 e. The zero-order valence-corrected chi connectivity index (χ0v) is 11.4. The molecular formula is C9H18N4O4S. The van der Waals surface area contributed by atoms with Crippen LogP contribution in [0.5, 0.6) is 5.88 Å². The van der Waals surface area contributed by atoms with Gasteiger partial charge in [-0.1, -0.05) is 0 Å². The monoisotopic (exact) mass is 278 g/mol. The molecule has 0 aliphatic heterocycles. The van der Waals surface area contributed by atoms with E-state index < -0.39 is 10.2 Å². The molecule has 0 aliphatic carbocycles. The third-order valence-electron chi connectivity index (χ3n) is 2.32. The van der Waals surface area contributed by atoms with E-state index in [0.717, 1.165) is 4.31 Å². The van der Waals surface area contributed by atoms with Crippen molar-refractivity contribution in [2.75, 3.05) is 32.0 Å². The Morgan fingerprint density at radius 3 is 2.78 bits per heavy atom. The van der Waals surface area contributed by atoms with Gasteiger partial charge < -0.3 is 9.84 Å². The summed E-state index contributed by atoms with van der Waals surface area (Å²) in [7, 11) is 0.892. The van der Waals surface area contributed by atoms with E-state index in [-0.39, 0.29) is 19.0 Å². The van der Waals surface area contributed by atoms with Crippen molar-refractivity contribution in [3.05, 3.63) is 6.07 Å². The van der Waals surface area contributed by atoms with Gasteiger partial charge in [0.25, 0.3) is 0 Å². The second-order valence-corrected chi connectivity index (χ2v) is 5.48. The third-order valence-corrected chi connectivity index (χ3v) is 3.79. The maximum Gasteiger partial charge on any atom is 0.302 e. The molecule has 0 aliphatic rings. The Labute approximate surface area is 106 Å². The van der Waals surface area contributed by atoms with Gasteiger partial charge in [-0.3, -0.25) is 4.72 Å². The SMILES string of the molecule is COc1cc(NS(=O)(=O)N(C)CCCO)nn1C. The average Bonchev–Trinajstić information content (AvgIpc) is 2.65. The van der Waals surface area contributed by atoms with E-state index in [0.29, 0.717) is 12.3 Å². The molecule has 0 aromatic carbocycles. The molecule has 1 aromatic rings. The van der Waals surface area contributed by atoms with Crippen molar-refractivity contribution in [2.24, 2.45) is 7.05 Å². The zero-order valence-electron chi connectivity index (χ0n) is 10.6. The van der Waals surface area contributed by atoms with Crippen molar-refractivity contribution in [3.8, 4) is 5.88 Å². The van der Waals surface area contributed by atoms with E-state index in [1.807, 2.05) is 0 Å². The standard InChI is InChI=1S/C9H18N4O4S/c1-12(5-4-6-14)18(15,16)11-8-7-9(17-3)13(2)10-8/h7,14H,4-6H2,1-3H3,(H,10,11). The van der Waals surface area contributed by atoms with Gasteiger partial charge in [0.1, 0.15) is 0 Å². The predicted octanol–water partition coefficient (Wildman–Crippen LogP) is -0.600. The number of aryl methyl sites for hydroxylation is 1. The Balaban J connectivity index is 2.75. The van der Waals surface area contributed by atoms with Gasteiger partial charge in [-0.15, -0.1) is 0 Å². The Morgan fingerprint density at radius 1 is 1.61 bits per heavy atom. The summed E-state index contributed by atoms with van der Waals surface area (Å²) in [5.74, 6) is 0.635. The highest BCUT2D eigenvalue weighted by Crippen LogP contribution is 2.16. The summed E-state index contributed by atoms with van der Waals surface area (Å²) in [6, 6.07) is 1.48. The molecule has 1 heterocycles. The normalized spacial score (nSPS) is 11.8. The molecule has 0 saturated heterocycles. The summed E-state index contributed by atoms with van der Waals surface area (Å²) in [6.45, 7) is 0.174. The molecule has 1 aromatic heterocycles. The number of rotatable bonds is 7. The second kappa shape index (κ2) is 6.03. The first kappa shape index (κ1) is 14.7. The molecule has 0 spiro atoms. The number of hydrogen-bond acceptors (Lipinski definition) is 5. The topological polar surface area (TPSA) is 96.7 Å². The number of anilines is 1. The van der Waals surface area contributed by atoms with E-state index in [1.165, 1.54) is 24.9 Å². The molecule has 0 unspecified atom stereocenters. The number of ether oxygens (including phenoxy) is 1. The number of aliphatic hydroxyl groups excluding tert-OH is 1. The van der Waals surface area contributed by atoms with Crippen LogP contribution in [0.15, 0.2) is 6.07 Å².